The van der Waals surface area contributed by atoms with Crippen LogP contribution in [0.2, 0.25) is 0 Å². The van der Waals surface area contributed by atoms with Crippen LogP contribution >= 0.6 is 0 Å². The van der Waals surface area contributed by atoms with Crippen molar-refractivity contribution < 1.29 is 23.8 Å². The molecule has 8 nitrogen and oxygen atoms in total. The lowest BCUT2D eigenvalue weighted by Crippen LogP contribution is -2.54. The molecule has 34 heavy (non-hydrogen) atoms. The molecule has 1 unspecified atom stereocenters. The number of aromatic amines is 1. The van der Waals surface area contributed by atoms with E-state index < -0.39 is 23.1 Å². The number of ether oxygens (including phenoxy) is 2. The number of carbonyl (C=O) groups excluding carboxylic acids is 1. The van der Waals surface area contributed by atoms with E-state index >= 15 is 0 Å². The Bertz CT molecular complexity index is 913. The number of H-pyrrole nitrogens is 1. The second kappa shape index (κ2) is 12.7. The number of unbranched alkanes of at least 4 members (excludes halogenated alkanes) is 5. The highest BCUT2D eigenvalue weighted by atomic mass is 19.1. The summed E-state index contributed by atoms with van der Waals surface area (Å²) < 4.78 is 25.7. The van der Waals surface area contributed by atoms with Crippen molar-refractivity contribution in [2.45, 2.75) is 84.3 Å². The van der Waals surface area contributed by atoms with E-state index in [1.165, 1.54) is 37.9 Å². The fraction of sp³-hybridized carbons (Fsp3) is 0.600. The van der Waals surface area contributed by atoms with Crippen LogP contribution in [0.3, 0.4) is 0 Å². The molecule has 1 aromatic carbocycles. The topological polar surface area (TPSA) is 108 Å². The van der Waals surface area contributed by atoms with Crippen molar-refractivity contribution in [1.29, 1.82) is 0 Å². The summed E-state index contributed by atoms with van der Waals surface area (Å²) in [5.41, 5.74) is 4.10. The normalized spacial score (nSPS) is 13.4. The largest absolute Gasteiger partial charge is 0.493 e. The lowest BCUT2D eigenvalue weighted by atomic mass is 10.0. The molecule has 0 bridgehead atoms. The summed E-state index contributed by atoms with van der Waals surface area (Å²) in [6, 6.07) is 4.72. The van der Waals surface area contributed by atoms with Crippen molar-refractivity contribution in [3.8, 4) is 17.0 Å². The van der Waals surface area contributed by atoms with Crippen LogP contribution in [0.25, 0.3) is 11.3 Å². The Morgan fingerprint density at radius 2 is 1.85 bits per heavy atom. The standard InChI is InChI=1S/C25H39FN4O4/c1-6-7-8-9-10-11-14-33-18-12-13-19(20(26)15-18)21-16-27-22(28-21)25(5,17-31)30-29-23(32)34-24(2,3)4/h12-13,15-16,30-31H,6-11,14,17H2,1-5H3,(H,27,28)(H,29,32). The maximum atomic E-state index is 14.8. The first-order valence-electron chi connectivity index (χ1n) is 11.9. The first-order chi connectivity index (χ1) is 16.1. The van der Waals surface area contributed by atoms with Gasteiger partial charge in [-0.25, -0.2) is 19.6 Å². The zero-order chi connectivity index (χ0) is 25.2. The molecule has 1 aromatic heterocycles. The monoisotopic (exact) mass is 478 g/mol. The van der Waals surface area contributed by atoms with Crippen molar-refractivity contribution in [1.82, 2.24) is 20.8 Å². The van der Waals surface area contributed by atoms with Crippen molar-refractivity contribution in [2.75, 3.05) is 13.2 Å². The van der Waals surface area contributed by atoms with Crippen LogP contribution in [0.15, 0.2) is 24.4 Å². The molecule has 1 heterocycles. The molecule has 1 amide bonds. The van der Waals surface area contributed by atoms with Gasteiger partial charge in [0.15, 0.2) is 0 Å². The van der Waals surface area contributed by atoms with Gasteiger partial charge in [-0.1, -0.05) is 39.0 Å². The highest BCUT2D eigenvalue weighted by molar-refractivity contribution is 5.67. The lowest BCUT2D eigenvalue weighted by Gasteiger charge is -2.28. The van der Waals surface area contributed by atoms with Crippen LogP contribution < -0.4 is 15.6 Å². The average Bonchev–Trinajstić information content (AvgIpc) is 3.26. The summed E-state index contributed by atoms with van der Waals surface area (Å²) in [5.74, 6) is 0.364. The summed E-state index contributed by atoms with van der Waals surface area (Å²) in [5, 5.41) is 9.91. The van der Waals surface area contributed by atoms with Gasteiger partial charge in [-0.05, 0) is 46.2 Å². The number of hydrogen-bond donors (Lipinski definition) is 4. The molecule has 0 aliphatic heterocycles. The molecule has 2 aromatic rings. The van der Waals surface area contributed by atoms with E-state index in [-0.39, 0.29) is 6.61 Å². The van der Waals surface area contributed by atoms with E-state index in [0.29, 0.717) is 29.4 Å². The zero-order valence-electron chi connectivity index (χ0n) is 21.0. The smallest absolute Gasteiger partial charge is 0.422 e. The van der Waals surface area contributed by atoms with Gasteiger partial charge in [-0.2, -0.15) is 0 Å². The second-order valence-corrected chi connectivity index (χ2v) is 9.65. The van der Waals surface area contributed by atoms with Crippen LogP contribution in [0.1, 0.15) is 79.0 Å². The van der Waals surface area contributed by atoms with Crippen molar-refractivity contribution in [2.24, 2.45) is 0 Å². The fourth-order valence-corrected chi connectivity index (χ4v) is 3.28. The number of hydrogen-bond acceptors (Lipinski definition) is 6. The summed E-state index contributed by atoms with van der Waals surface area (Å²) in [6.45, 7) is 9.25. The second-order valence-electron chi connectivity index (χ2n) is 9.65. The fourth-order valence-electron chi connectivity index (χ4n) is 3.28. The summed E-state index contributed by atoms with van der Waals surface area (Å²) in [6.07, 6.45) is 7.76. The molecule has 0 radical (unpaired) electrons. The van der Waals surface area contributed by atoms with Gasteiger partial charge >= 0.3 is 6.09 Å². The third-order valence-corrected chi connectivity index (χ3v) is 5.25. The third-order valence-electron chi connectivity index (χ3n) is 5.25. The predicted octanol–water partition coefficient (Wildman–Crippen LogP) is 5.19. The Hall–Kier alpha value is -2.65. The molecule has 0 saturated carbocycles. The molecule has 190 valence electrons. The lowest BCUT2D eigenvalue weighted by molar-refractivity contribution is 0.0436. The van der Waals surface area contributed by atoms with Gasteiger partial charge in [-0.3, -0.25) is 5.43 Å². The maximum absolute atomic E-state index is 14.8. The third kappa shape index (κ3) is 8.61. The van der Waals surface area contributed by atoms with Gasteiger partial charge in [0.1, 0.15) is 28.5 Å². The van der Waals surface area contributed by atoms with E-state index in [2.05, 4.69) is 27.7 Å². The number of nitrogens with zero attached hydrogens (tertiary/aromatic N) is 1. The van der Waals surface area contributed by atoms with Gasteiger partial charge in [0.2, 0.25) is 0 Å². The minimum absolute atomic E-state index is 0.323. The van der Waals surface area contributed by atoms with Crippen LogP contribution in [0, 0.1) is 5.82 Å². The number of hydrazine groups is 1. The predicted molar refractivity (Wildman–Crippen MR) is 130 cm³/mol. The van der Waals surface area contributed by atoms with E-state index in [1.807, 2.05) is 0 Å². The van der Waals surface area contributed by atoms with Crippen LogP contribution in [-0.2, 0) is 10.3 Å². The molecule has 2 rings (SSSR count). The van der Waals surface area contributed by atoms with Crippen LogP contribution in [0.5, 0.6) is 5.75 Å². The molecular formula is C25H39FN4O4. The Morgan fingerprint density at radius 1 is 1.15 bits per heavy atom. The van der Waals surface area contributed by atoms with Crippen LogP contribution in [0.4, 0.5) is 9.18 Å². The Kier molecular flexibility index (Phi) is 10.3. The Balaban J connectivity index is 1.97. The molecule has 0 aliphatic carbocycles. The van der Waals surface area contributed by atoms with Gasteiger partial charge in [0.25, 0.3) is 0 Å². The minimum atomic E-state index is -1.15. The molecule has 0 saturated heterocycles. The number of aromatic nitrogens is 2. The summed E-state index contributed by atoms with van der Waals surface area (Å²) >= 11 is 0. The van der Waals surface area contributed by atoms with Crippen molar-refractivity contribution in [3.63, 3.8) is 0 Å². The number of imidazole rings is 1. The average molecular weight is 479 g/mol. The maximum Gasteiger partial charge on any atom is 0.422 e. The molecule has 1 atom stereocenters. The molecule has 0 aliphatic rings. The van der Waals surface area contributed by atoms with Crippen molar-refractivity contribution in [3.05, 3.63) is 36.0 Å². The number of halogens is 1. The molecule has 4 N–H and O–H groups in total. The van der Waals surface area contributed by atoms with E-state index in [0.717, 1.165) is 12.8 Å². The quantitative estimate of drug-likeness (QED) is 0.233. The number of amides is 1. The minimum Gasteiger partial charge on any atom is -0.493 e. The van der Waals surface area contributed by atoms with Gasteiger partial charge in [0, 0.05) is 11.6 Å². The number of carbonyl (C=O) groups is 1. The van der Waals surface area contributed by atoms with Gasteiger partial charge < -0.3 is 19.6 Å². The molecule has 0 spiro atoms. The van der Waals surface area contributed by atoms with E-state index in [9.17, 15) is 14.3 Å². The van der Waals surface area contributed by atoms with Gasteiger partial charge in [-0.15, -0.1) is 0 Å². The van der Waals surface area contributed by atoms with Crippen LogP contribution in [-0.4, -0.2) is 40.0 Å². The van der Waals surface area contributed by atoms with Gasteiger partial charge in [0.05, 0.1) is 25.1 Å². The number of benzene rings is 1. The Labute approximate surface area is 201 Å². The zero-order valence-corrected chi connectivity index (χ0v) is 21.0. The van der Waals surface area contributed by atoms with E-state index in [4.69, 9.17) is 9.47 Å². The first-order valence-corrected chi connectivity index (χ1v) is 11.9. The molecular weight excluding hydrogens is 439 g/mol. The summed E-state index contributed by atoms with van der Waals surface area (Å²) in [7, 11) is 0. The number of rotatable bonds is 13. The number of aliphatic hydroxyl groups is 1. The Morgan fingerprint density at radius 3 is 2.50 bits per heavy atom. The van der Waals surface area contributed by atoms with Crippen molar-refractivity contribution >= 4 is 6.09 Å². The number of nitrogens with one attached hydrogen (secondary N) is 3. The first kappa shape index (κ1) is 27.6. The van der Waals surface area contributed by atoms with E-state index in [1.54, 1.807) is 39.8 Å². The number of aliphatic hydroxyl groups excluding tert-OH is 1. The summed E-state index contributed by atoms with van der Waals surface area (Å²) in [4.78, 5) is 19.2. The highest BCUT2D eigenvalue weighted by Gasteiger charge is 2.31. The highest BCUT2D eigenvalue weighted by Crippen LogP contribution is 2.27. The molecule has 9 heteroatoms. The molecule has 0 fully saturated rings. The SMILES string of the molecule is CCCCCCCCOc1ccc(-c2cnc(C(C)(CO)NNC(=O)OC(C)(C)C)[nH]2)c(F)c1.